The highest BCUT2D eigenvalue weighted by molar-refractivity contribution is 7.72. The van der Waals surface area contributed by atoms with E-state index in [-0.39, 0.29) is 7.92 Å². The number of rotatable bonds is 20. The maximum absolute atomic E-state index is 2.59. The van der Waals surface area contributed by atoms with E-state index in [4.69, 9.17) is 0 Å². The second-order valence-electron chi connectivity index (χ2n) is 11.6. The van der Waals surface area contributed by atoms with E-state index in [1.165, 1.54) is 116 Å². The van der Waals surface area contributed by atoms with Crippen LogP contribution in [-0.4, -0.2) is 6.66 Å². The van der Waals surface area contributed by atoms with Crippen molar-refractivity contribution in [3.63, 3.8) is 0 Å². The second-order valence-corrected chi connectivity index (χ2v) is 13.7. The van der Waals surface area contributed by atoms with E-state index >= 15 is 0 Å². The predicted octanol–water partition coefficient (Wildman–Crippen LogP) is 10.8. The van der Waals surface area contributed by atoms with Crippen molar-refractivity contribution in [3.05, 3.63) is 57.6 Å². The van der Waals surface area contributed by atoms with Crippen LogP contribution in [0.2, 0.25) is 0 Å². The van der Waals surface area contributed by atoms with Crippen LogP contribution in [0.3, 0.4) is 0 Å². The fraction of sp³-hybridized carbons (Fsp3) is 0.676. The molecule has 0 aliphatic rings. The van der Waals surface area contributed by atoms with Crippen molar-refractivity contribution in [2.75, 3.05) is 6.66 Å². The first-order valence-corrected chi connectivity index (χ1v) is 18.4. The van der Waals surface area contributed by atoms with Gasteiger partial charge in [0.25, 0.3) is 0 Å². The van der Waals surface area contributed by atoms with Gasteiger partial charge in [-0.2, -0.15) is 0 Å². The summed E-state index contributed by atoms with van der Waals surface area (Å²) in [6, 6.07) is 10.3. The first-order chi connectivity index (χ1) is 18.6. The Morgan fingerprint density at radius 3 is 1.00 bits per heavy atom. The molecule has 0 nitrogen and oxygen atoms in total. The van der Waals surface area contributed by atoms with Crippen LogP contribution in [0.1, 0.15) is 152 Å². The molecule has 0 N–H and O–H groups in total. The summed E-state index contributed by atoms with van der Waals surface area (Å²) in [5.74, 6) is 0. The zero-order valence-corrected chi connectivity index (χ0v) is 27.4. The van der Waals surface area contributed by atoms with Gasteiger partial charge < -0.3 is 0 Å². The molecule has 0 atom stereocenters. The van der Waals surface area contributed by atoms with Gasteiger partial charge in [0.2, 0.25) is 0 Å². The Labute approximate surface area is 239 Å². The van der Waals surface area contributed by atoms with Crippen LogP contribution in [0.25, 0.3) is 0 Å². The van der Waals surface area contributed by atoms with Gasteiger partial charge in [0.05, 0.1) is 0 Å². The highest BCUT2D eigenvalue weighted by Gasteiger charge is 2.22. The van der Waals surface area contributed by atoms with Gasteiger partial charge in [-0.05, 0) is 136 Å². The smallest absolute Gasteiger partial charge is 0.0163 e. The van der Waals surface area contributed by atoms with Crippen LogP contribution in [-0.2, 0) is 38.5 Å². The summed E-state index contributed by atoms with van der Waals surface area (Å²) in [6.45, 7) is 16.7. The number of hydrogen-bond donors (Lipinski definition) is 0. The minimum Gasteiger partial charge on any atom is -0.0654 e. The van der Waals surface area contributed by atoms with Gasteiger partial charge in [0.15, 0.2) is 0 Å². The lowest BCUT2D eigenvalue weighted by Gasteiger charge is -2.27. The van der Waals surface area contributed by atoms with Crippen molar-refractivity contribution in [2.24, 2.45) is 0 Å². The Morgan fingerprint density at radius 1 is 0.395 bits per heavy atom. The van der Waals surface area contributed by atoms with Gasteiger partial charge in [-0.3, -0.25) is 0 Å². The highest BCUT2D eigenvalue weighted by Crippen LogP contribution is 2.37. The van der Waals surface area contributed by atoms with E-state index in [2.05, 4.69) is 72.5 Å². The molecule has 0 heterocycles. The summed E-state index contributed by atoms with van der Waals surface area (Å²) < 4.78 is 0. The number of unbranched alkanes of at least 4 members (excludes halogenated alkanes) is 6. The van der Waals surface area contributed by atoms with Crippen molar-refractivity contribution >= 4 is 18.5 Å². The predicted molar refractivity (Wildman–Crippen MR) is 177 cm³/mol. The lowest BCUT2D eigenvalue weighted by Crippen LogP contribution is -2.23. The average molecular weight is 537 g/mol. The summed E-state index contributed by atoms with van der Waals surface area (Å²) >= 11 is 0. The van der Waals surface area contributed by atoms with Crippen LogP contribution in [0.15, 0.2) is 24.3 Å². The summed E-state index contributed by atoms with van der Waals surface area (Å²) in [4.78, 5) is 0. The number of aryl methyl sites for hydroxylation is 2. The van der Waals surface area contributed by atoms with Gasteiger partial charge >= 0.3 is 0 Å². The van der Waals surface area contributed by atoms with Crippen LogP contribution in [0.4, 0.5) is 0 Å². The zero-order chi connectivity index (χ0) is 27.8. The standard InChI is InChI=1S/C37H61P/c1-8-14-20-30-26-28-36(34(24-18-12-5)32(30)22-16-10-3)38(7)37-29-27-31(21-15-9-2)33(23-17-11-4)35(37)25-19-13-6/h26-29H,8-25H2,1-7H3. The molecule has 0 spiro atoms. The quantitative estimate of drug-likeness (QED) is 0.148. The number of benzene rings is 2. The fourth-order valence-corrected chi connectivity index (χ4v) is 8.17. The molecule has 0 aliphatic heterocycles. The Hall–Kier alpha value is -1.13. The second kappa shape index (κ2) is 19.0. The van der Waals surface area contributed by atoms with Gasteiger partial charge in [0.1, 0.15) is 0 Å². The molecule has 2 rings (SSSR count). The Kier molecular flexibility index (Phi) is 16.6. The maximum Gasteiger partial charge on any atom is -0.0163 e. The van der Waals surface area contributed by atoms with E-state index in [0.717, 1.165) is 0 Å². The van der Waals surface area contributed by atoms with E-state index in [9.17, 15) is 0 Å². The summed E-state index contributed by atoms with van der Waals surface area (Å²) in [5.41, 5.74) is 10.3. The molecule has 2 aromatic carbocycles. The summed E-state index contributed by atoms with van der Waals surface area (Å²) in [5, 5.41) is 3.39. The largest absolute Gasteiger partial charge is 0.0654 e. The third kappa shape index (κ3) is 9.51. The lowest BCUT2D eigenvalue weighted by atomic mass is 9.90. The minimum atomic E-state index is -0.358. The molecule has 0 saturated heterocycles. The molecule has 0 fully saturated rings. The molecular formula is C37H61P. The molecule has 0 amide bonds. The van der Waals surface area contributed by atoms with Gasteiger partial charge in [-0.15, -0.1) is 0 Å². The van der Waals surface area contributed by atoms with Crippen LogP contribution in [0.5, 0.6) is 0 Å². The van der Waals surface area contributed by atoms with Crippen molar-refractivity contribution in [3.8, 4) is 0 Å². The van der Waals surface area contributed by atoms with E-state index in [1.54, 1.807) is 44.0 Å². The fourth-order valence-electron chi connectivity index (χ4n) is 6.01. The average Bonchev–Trinajstić information content (AvgIpc) is 2.94. The minimum absolute atomic E-state index is 0.358. The molecule has 0 unspecified atom stereocenters. The molecule has 2 aromatic rings. The summed E-state index contributed by atoms with van der Waals surface area (Å²) in [6.07, 6.45) is 23.2. The molecule has 38 heavy (non-hydrogen) atoms. The van der Waals surface area contributed by atoms with Crippen molar-refractivity contribution in [1.82, 2.24) is 0 Å². The molecule has 0 aliphatic carbocycles. The molecule has 0 bridgehead atoms. The molecule has 1 heteroatoms. The molecule has 0 saturated carbocycles. The van der Waals surface area contributed by atoms with Gasteiger partial charge in [0, 0.05) is 0 Å². The number of hydrogen-bond acceptors (Lipinski definition) is 0. The van der Waals surface area contributed by atoms with Crippen LogP contribution >= 0.6 is 7.92 Å². The summed E-state index contributed by atoms with van der Waals surface area (Å²) in [7, 11) is -0.358. The third-order valence-corrected chi connectivity index (χ3v) is 10.7. The van der Waals surface area contributed by atoms with Crippen molar-refractivity contribution < 1.29 is 0 Å². The van der Waals surface area contributed by atoms with Crippen LogP contribution in [0, 0.1) is 0 Å². The normalized spacial score (nSPS) is 11.6. The Balaban J connectivity index is 2.69. The third-order valence-electron chi connectivity index (χ3n) is 8.45. The SMILES string of the molecule is CCCCc1ccc(P(C)c2ccc(CCCC)c(CCCC)c2CCCC)c(CCCC)c1CCCC. The van der Waals surface area contributed by atoms with E-state index in [0.29, 0.717) is 0 Å². The van der Waals surface area contributed by atoms with E-state index < -0.39 is 0 Å². The molecule has 214 valence electrons. The lowest BCUT2D eigenvalue weighted by molar-refractivity contribution is 0.736. The Bertz CT molecular complexity index is 849. The van der Waals surface area contributed by atoms with Crippen LogP contribution < -0.4 is 10.6 Å². The first kappa shape index (κ1) is 33.1. The van der Waals surface area contributed by atoms with Gasteiger partial charge in [-0.1, -0.05) is 104 Å². The maximum atomic E-state index is 2.59. The molecule has 0 aromatic heterocycles. The van der Waals surface area contributed by atoms with Crippen molar-refractivity contribution in [1.29, 1.82) is 0 Å². The highest BCUT2D eigenvalue weighted by atomic mass is 31.1. The zero-order valence-electron chi connectivity index (χ0n) is 26.5. The Morgan fingerprint density at radius 2 is 0.684 bits per heavy atom. The van der Waals surface area contributed by atoms with Gasteiger partial charge in [-0.25, -0.2) is 0 Å². The van der Waals surface area contributed by atoms with Crippen molar-refractivity contribution in [2.45, 2.75) is 157 Å². The topological polar surface area (TPSA) is 0 Å². The molecular weight excluding hydrogens is 475 g/mol. The van der Waals surface area contributed by atoms with E-state index in [1.807, 2.05) is 0 Å². The monoisotopic (exact) mass is 536 g/mol. The first-order valence-electron chi connectivity index (χ1n) is 16.6. The molecule has 0 radical (unpaired) electrons.